The fourth-order valence-electron chi connectivity index (χ4n) is 2.26. The van der Waals surface area contributed by atoms with Crippen LogP contribution in [0.1, 0.15) is 25.3 Å². The van der Waals surface area contributed by atoms with E-state index in [4.69, 9.17) is 14.2 Å². The third kappa shape index (κ3) is 4.81. The summed E-state index contributed by atoms with van der Waals surface area (Å²) in [6.07, 6.45) is 2.19. The molecule has 0 saturated carbocycles. The van der Waals surface area contributed by atoms with Crippen molar-refractivity contribution in [3.63, 3.8) is 0 Å². The molecule has 2 aromatic carbocycles. The molecule has 4 nitrogen and oxygen atoms in total. The van der Waals surface area contributed by atoms with Gasteiger partial charge in [-0.15, -0.1) is 0 Å². The van der Waals surface area contributed by atoms with Crippen molar-refractivity contribution in [2.75, 3.05) is 26.1 Å². The van der Waals surface area contributed by atoms with Crippen LogP contribution in [0.25, 0.3) is 0 Å². The minimum atomic E-state index is 0.659. The molecule has 0 amide bonds. The highest BCUT2D eigenvalue weighted by atomic mass is 16.5. The van der Waals surface area contributed by atoms with Crippen molar-refractivity contribution < 1.29 is 14.2 Å². The van der Waals surface area contributed by atoms with Gasteiger partial charge >= 0.3 is 0 Å². The highest BCUT2D eigenvalue weighted by Gasteiger charge is 2.07. The average Bonchev–Trinajstić information content (AvgIpc) is 2.60. The lowest BCUT2D eigenvalue weighted by Gasteiger charge is -2.15. The van der Waals surface area contributed by atoms with E-state index in [1.54, 1.807) is 14.2 Å². The first-order chi connectivity index (χ1) is 11.3. The van der Waals surface area contributed by atoms with E-state index in [0.717, 1.165) is 47.9 Å². The molecule has 4 heteroatoms. The van der Waals surface area contributed by atoms with Crippen molar-refractivity contribution >= 4 is 5.69 Å². The molecule has 1 N–H and O–H groups in total. The van der Waals surface area contributed by atoms with E-state index < -0.39 is 0 Å². The van der Waals surface area contributed by atoms with Crippen LogP contribution >= 0.6 is 0 Å². The Bertz CT molecular complexity index is 613. The molecule has 2 rings (SSSR count). The second-order valence-electron chi connectivity index (χ2n) is 5.23. The number of unbranched alkanes of at least 4 members (excludes halogenated alkanes) is 1. The highest BCUT2D eigenvalue weighted by molar-refractivity contribution is 5.60. The zero-order chi connectivity index (χ0) is 16.5. The summed E-state index contributed by atoms with van der Waals surface area (Å²) < 4.78 is 16.5. The monoisotopic (exact) mass is 315 g/mol. The van der Waals surface area contributed by atoms with Crippen LogP contribution in [0.3, 0.4) is 0 Å². The Morgan fingerprint density at radius 2 is 1.78 bits per heavy atom. The van der Waals surface area contributed by atoms with Gasteiger partial charge in [0.25, 0.3) is 0 Å². The number of benzene rings is 2. The Labute approximate surface area is 138 Å². The predicted octanol–water partition coefficient (Wildman–Crippen LogP) is 4.49. The van der Waals surface area contributed by atoms with Gasteiger partial charge in [-0.25, -0.2) is 0 Å². The van der Waals surface area contributed by atoms with E-state index in [1.807, 2.05) is 36.4 Å². The van der Waals surface area contributed by atoms with Crippen molar-refractivity contribution in [2.45, 2.75) is 26.3 Å². The lowest BCUT2D eigenvalue weighted by Crippen LogP contribution is -2.05. The lowest BCUT2D eigenvalue weighted by atomic mass is 10.2. The molecule has 0 unspecified atom stereocenters. The van der Waals surface area contributed by atoms with Crippen LogP contribution in [0.4, 0.5) is 5.69 Å². The number of nitrogens with one attached hydrogen (secondary N) is 1. The van der Waals surface area contributed by atoms with E-state index in [1.165, 1.54) is 0 Å². The smallest absolute Gasteiger partial charge is 0.142 e. The summed E-state index contributed by atoms with van der Waals surface area (Å²) in [7, 11) is 3.32. The number of methoxy groups -OCH3 is 2. The van der Waals surface area contributed by atoms with Crippen LogP contribution in [0, 0.1) is 0 Å². The quantitative estimate of drug-likeness (QED) is 0.692. The third-order valence-electron chi connectivity index (χ3n) is 3.60. The number of para-hydroxylation sites is 1. The minimum Gasteiger partial charge on any atom is -0.497 e. The second-order valence-corrected chi connectivity index (χ2v) is 5.23. The molecule has 0 aliphatic carbocycles. The third-order valence-corrected chi connectivity index (χ3v) is 3.60. The Balaban J connectivity index is 2.08. The first kappa shape index (κ1) is 17.0. The van der Waals surface area contributed by atoms with Gasteiger partial charge in [-0.2, -0.15) is 0 Å². The molecule has 0 bridgehead atoms. The Kier molecular flexibility index (Phi) is 6.60. The van der Waals surface area contributed by atoms with Gasteiger partial charge < -0.3 is 19.5 Å². The van der Waals surface area contributed by atoms with Gasteiger partial charge in [-0.05, 0) is 24.6 Å². The predicted molar refractivity (Wildman–Crippen MR) is 93.7 cm³/mol. The molecule has 0 heterocycles. The van der Waals surface area contributed by atoms with E-state index in [-0.39, 0.29) is 0 Å². The fraction of sp³-hybridized carbons (Fsp3) is 0.368. The fourth-order valence-corrected chi connectivity index (χ4v) is 2.26. The SMILES string of the molecule is CCCCOc1ccccc1CNc1cc(OC)ccc1OC. The zero-order valence-electron chi connectivity index (χ0n) is 14.1. The number of hydrogen-bond donors (Lipinski definition) is 1. The summed E-state index contributed by atoms with van der Waals surface area (Å²) >= 11 is 0. The molecule has 23 heavy (non-hydrogen) atoms. The molecule has 0 spiro atoms. The zero-order valence-corrected chi connectivity index (χ0v) is 14.1. The maximum atomic E-state index is 5.87. The van der Waals surface area contributed by atoms with Crippen LogP contribution in [0.2, 0.25) is 0 Å². The molecule has 2 aromatic rings. The van der Waals surface area contributed by atoms with Gasteiger partial charge in [-0.3, -0.25) is 0 Å². The highest BCUT2D eigenvalue weighted by Crippen LogP contribution is 2.30. The lowest BCUT2D eigenvalue weighted by molar-refractivity contribution is 0.306. The maximum absolute atomic E-state index is 5.87. The molecule has 0 saturated heterocycles. The Morgan fingerprint density at radius 3 is 2.52 bits per heavy atom. The van der Waals surface area contributed by atoms with Crippen LogP contribution in [0.5, 0.6) is 17.2 Å². The van der Waals surface area contributed by atoms with Gasteiger partial charge in [0.1, 0.15) is 17.2 Å². The standard InChI is InChI=1S/C19H25NO3/c1-4-5-12-23-18-9-7-6-8-15(18)14-20-17-13-16(21-2)10-11-19(17)22-3/h6-11,13,20H,4-5,12,14H2,1-3H3. The van der Waals surface area contributed by atoms with Gasteiger partial charge in [0, 0.05) is 18.2 Å². The first-order valence-electron chi connectivity index (χ1n) is 7.95. The first-order valence-corrected chi connectivity index (χ1v) is 7.95. The molecular weight excluding hydrogens is 290 g/mol. The molecular formula is C19H25NO3. The second kappa shape index (κ2) is 8.93. The molecule has 0 radical (unpaired) electrons. The molecule has 0 aliphatic rings. The molecule has 0 aliphatic heterocycles. The minimum absolute atomic E-state index is 0.659. The molecule has 0 fully saturated rings. The number of rotatable bonds is 9. The van der Waals surface area contributed by atoms with E-state index in [9.17, 15) is 0 Å². The summed E-state index contributed by atoms with van der Waals surface area (Å²) in [6.45, 7) is 3.56. The van der Waals surface area contributed by atoms with Crippen molar-refractivity contribution in [3.05, 3.63) is 48.0 Å². The normalized spacial score (nSPS) is 10.2. The molecule has 0 aromatic heterocycles. The average molecular weight is 315 g/mol. The number of ether oxygens (including phenoxy) is 3. The van der Waals surface area contributed by atoms with Gasteiger partial charge in [0.2, 0.25) is 0 Å². The van der Waals surface area contributed by atoms with Crippen LogP contribution in [-0.2, 0) is 6.54 Å². The van der Waals surface area contributed by atoms with Crippen LogP contribution in [-0.4, -0.2) is 20.8 Å². The Morgan fingerprint density at radius 1 is 0.957 bits per heavy atom. The van der Waals surface area contributed by atoms with Crippen molar-refractivity contribution in [1.29, 1.82) is 0 Å². The number of hydrogen-bond acceptors (Lipinski definition) is 4. The van der Waals surface area contributed by atoms with E-state index in [0.29, 0.717) is 6.54 Å². The summed E-state index contributed by atoms with van der Waals surface area (Å²) in [5.41, 5.74) is 2.02. The Hall–Kier alpha value is -2.36. The summed E-state index contributed by atoms with van der Waals surface area (Å²) in [5, 5.41) is 3.40. The van der Waals surface area contributed by atoms with Gasteiger partial charge in [0.15, 0.2) is 0 Å². The van der Waals surface area contributed by atoms with Crippen molar-refractivity contribution in [1.82, 2.24) is 0 Å². The van der Waals surface area contributed by atoms with Crippen molar-refractivity contribution in [2.24, 2.45) is 0 Å². The summed E-state index contributed by atoms with van der Waals surface area (Å²) in [4.78, 5) is 0. The largest absolute Gasteiger partial charge is 0.497 e. The number of anilines is 1. The van der Waals surface area contributed by atoms with Crippen molar-refractivity contribution in [3.8, 4) is 17.2 Å². The topological polar surface area (TPSA) is 39.7 Å². The summed E-state index contributed by atoms with van der Waals surface area (Å²) in [5.74, 6) is 2.51. The van der Waals surface area contributed by atoms with Gasteiger partial charge in [0.05, 0.1) is 26.5 Å². The summed E-state index contributed by atoms with van der Waals surface area (Å²) in [6, 6.07) is 13.8. The van der Waals surface area contributed by atoms with Gasteiger partial charge in [-0.1, -0.05) is 31.5 Å². The maximum Gasteiger partial charge on any atom is 0.142 e. The van der Waals surface area contributed by atoms with Crippen LogP contribution < -0.4 is 19.5 Å². The molecule has 0 atom stereocenters. The van der Waals surface area contributed by atoms with E-state index >= 15 is 0 Å². The molecule has 124 valence electrons. The van der Waals surface area contributed by atoms with E-state index in [2.05, 4.69) is 18.3 Å². The van der Waals surface area contributed by atoms with Crippen LogP contribution in [0.15, 0.2) is 42.5 Å².